The van der Waals surface area contributed by atoms with Gasteiger partial charge in [-0.25, -0.2) is 0 Å². The fraction of sp³-hybridized carbons (Fsp3) is 0.333. The van der Waals surface area contributed by atoms with Gasteiger partial charge in [0.2, 0.25) is 11.8 Å². The number of aliphatic hydroxyl groups excluding tert-OH is 1. The number of hydrogen-bond donors (Lipinski definition) is 4. The van der Waals surface area contributed by atoms with Crippen LogP contribution in [0.5, 0.6) is 0 Å². The van der Waals surface area contributed by atoms with Gasteiger partial charge in [-0.05, 0) is 5.56 Å². The van der Waals surface area contributed by atoms with Gasteiger partial charge in [-0.1, -0.05) is 30.3 Å². The van der Waals surface area contributed by atoms with Gasteiger partial charge < -0.3 is 15.7 Å². The first-order valence-corrected chi connectivity index (χ1v) is 7.62. The highest BCUT2D eigenvalue weighted by Crippen LogP contribution is 2.12. The first-order valence-electron chi connectivity index (χ1n) is 6.01. The molecule has 0 aliphatic rings. The predicted octanol–water partition coefficient (Wildman–Crippen LogP) is -1.16. The standard InChI is InChI=1S/C12H16N2O6S/c15-8-10(16)14-11(9-4-2-1-3-5-9)12(17)13-6-7-21(18,19)20/h1-5,11,15H,6-8H2,(H,13,17)(H,14,16)(H,18,19,20)/t11-/m1/s1. The zero-order valence-electron chi connectivity index (χ0n) is 11.0. The van der Waals surface area contributed by atoms with E-state index >= 15 is 0 Å². The summed E-state index contributed by atoms with van der Waals surface area (Å²) in [6, 6.07) is 7.20. The molecule has 0 unspecified atom stereocenters. The number of rotatable bonds is 7. The van der Waals surface area contributed by atoms with Crippen molar-refractivity contribution in [1.82, 2.24) is 10.6 Å². The summed E-state index contributed by atoms with van der Waals surface area (Å²) in [5, 5.41) is 13.3. The highest BCUT2D eigenvalue weighted by molar-refractivity contribution is 7.85. The molecule has 0 heterocycles. The molecule has 0 bridgehead atoms. The van der Waals surface area contributed by atoms with Crippen LogP contribution in [0.3, 0.4) is 0 Å². The average Bonchev–Trinajstić information content (AvgIpc) is 2.43. The fourth-order valence-corrected chi connectivity index (χ4v) is 1.92. The zero-order valence-corrected chi connectivity index (χ0v) is 11.8. The lowest BCUT2D eigenvalue weighted by atomic mass is 10.1. The van der Waals surface area contributed by atoms with E-state index in [0.29, 0.717) is 5.56 Å². The monoisotopic (exact) mass is 316 g/mol. The first kappa shape index (κ1) is 17.1. The van der Waals surface area contributed by atoms with Gasteiger partial charge in [-0.3, -0.25) is 14.1 Å². The summed E-state index contributed by atoms with van der Waals surface area (Å²) in [5.41, 5.74) is 0.476. The van der Waals surface area contributed by atoms with Gasteiger partial charge in [-0.2, -0.15) is 8.42 Å². The maximum Gasteiger partial charge on any atom is 0.266 e. The summed E-state index contributed by atoms with van der Waals surface area (Å²) < 4.78 is 29.7. The third-order valence-electron chi connectivity index (χ3n) is 2.50. The number of benzene rings is 1. The van der Waals surface area contributed by atoms with Crippen molar-refractivity contribution in [2.75, 3.05) is 18.9 Å². The van der Waals surface area contributed by atoms with E-state index in [1.807, 2.05) is 0 Å². The summed E-state index contributed by atoms with van der Waals surface area (Å²) in [6.45, 7) is -1.07. The number of aliphatic hydroxyl groups is 1. The molecule has 0 spiro atoms. The predicted molar refractivity (Wildman–Crippen MR) is 73.8 cm³/mol. The lowest BCUT2D eigenvalue weighted by Gasteiger charge is -2.18. The van der Waals surface area contributed by atoms with E-state index in [9.17, 15) is 18.0 Å². The van der Waals surface area contributed by atoms with Crippen LogP contribution >= 0.6 is 0 Å². The van der Waals surface area contributed by atoms with Gasteiger partial charge in [0.15, 0.2) is 0 Å². The molecule has 1 aromatic carbocycles. The van der Waals surface area contributed by atoms with Crippen LogP contribution in [0, 0.1) is 0 Å². The van der Waals surface area contributed by atoms with Crippen LogP contribution in [0.15, 0.2) is 30.3 Å². The maximum absolute atomic E-state index is 12.0. The van der Waals surface area contributed by atoms with Gasteiger partial charge in [0.05, 0.1) is 5.75 Å². The molecule has 0 saturated carbocycles. The Morgan fingerprint density at radius 3 is 2.33 bits per heavy atom. The van der Waals surface area contributed by atoms with Gasteiger partial charge >= 0.3 is 0 Å². The van der Waals surface area contributed by atoms with Gasteiger partial charge in [0.25, 0.3) is 10.1 Å². The number of nitrogens with one attached hydrogen (secondary N) is 2. The van der Waals surface area contributed by atoms with Crippen LogP contribution in [0.2, 0.25) is 0 Å². The summed E-state index contributed by atoms with van der Waals surface area (Å²) in [6.07, 6.45) is 0. The van der Waals surface area contributed by atoms with E-state index in [4.69, 9.17) is 9.66 Å². The molecule has 0 aliphatic heterocycles. The summed E-state index contributed by atoms with van der Waals surface area (Å²) in [4.78, 5) is 23.3. The Kier molecular flexibility index (Phi) is 6.28. The lowest BCUT2D eigenvalue weighted by Crippen LogP contribution is -2.42. The lowest BCUT2D eigenvalue weighted by molar-refractivity contribution is -0.130. The van der Waals surface area contributed by atoms with Crippen molar-refractivity contribution in [3.05, 3.63) is 35.9 Å². The minimum atomic E-state index is -4.18. The summed E-state index contributed by atoms with van der Waals surface area (Å²) in [5.74, 6) is -2.02. The molecule has 8 nitrogen and oxygen atoms in total. The molecule has 4 N–H and O–H groups in total. The highest BCUT2D eigenvalue weighted by atomic mass is 32.2. The van der Waals surface area contributed by atoms with E-state index in [2.05, 4.69) is 10.6 Å². The van der Waals surface area contributed by atoms with Crippen molar-refractivity contribution in [2.45, 2.75) is 6.04 Å². The Hall–Kier alpha value is -1.97. The molecular weight excluding hydrogens is 300 g/mol. The first-order chi connectivity index (χ1) is 9.83. The smallest absolute Gasteiger partial charge is 0.266 e. The molecule has 9 heteroatoms. The van der Waals surface area contributed by atoms with Gasteiger partial charge in [-0.15, -0.1) is 0 Å². The molecule has 21 heavy (non-hydrogen) atoms. The summed E-state index contributed by atoms with van der Waals surface area (Å²) in [7, 11) is -4.18. The average molecular weight is 316 g/mol. The summed E-state index contributed by atoms with van der Waals surface area (Å²) >= 11 is 0. The van der Waals surface area contributed by atoms with Gasteiger partial charge in [0, 0.05) is 6.54 Å². The third-order valence-corrected chi connectivity index (χ3v) is 3.22. The highest BCUT2D eigenvalue weighted by Gasteiger charge is 2.22. The molecule has 0 fully saturated rings. The largest absolute Gasteiger partial charge is 0.387 e. The number of carbonyl (C=O) groups is 2. The molecule has 0 aliphatic carbocycles. The van der Waals surface area contributed by atoms with Crippen LogP contribution in [0.4, 0.5) is 0 Å². The molecule has 0 saturated heterocycles. The van der Waals surface area contributed by atoms with E-state index < -0.39 is 40.3 Å². The van der Waals surface area contributed by atoms with Crippen LogP contribution in [0.1, 0.15) is 11.6 Å². The van der Waals surface area contributed by atoms with Crippen molar-refractivity contribution in [1.29, 1.82) is 0 Å². The third kappa shape index (κ3) is 6.34. The van der Waals surface area contributed by atoms with Crippen LogP contribution in [-0.2, 0) is 19.7 Å². The van der Waals surface area contributed by atoms with E-state index in [-0.39, 0.29) is 6.54 Å². The minimum absolute atomic E-state index is 0.296. The van der Waals surface area contributed by atoms with E-state index in [1.165, 1.54) is 0 Å². The molecule has 0 radical (unpaired) electrons. The molecule has 1 rings (SSSR count). The van der Waals surface area contributed by atoms with Crippen molar-refractivity contribution >= 4 is 21.9 Å². The maximum atomic E-state index is 12.0. The van der Waals surface area contributed by atoms with E-state index in [0.717, 1.165) is 0 Å². The van der Waals surface area contributed by atoms with Crippen molar-refractivity contribution in [3.8, 4) is 0 Å². The van der Waals surface area contributed by atoms with E-state index in [1.54, 1.807) is 30.3 Å². The second-order valence-corrected chi connectivity index (χ2v) is 5.72. The second kappa shape index (κ2) is 7.72. The molecule has 1 atom stereocenters. The van der Waals surface area contributed by atoms with Crippen LogP contribution in [-0.4, -0.2) is 48.8 Å². The zero-order chi connectivity index (χ0) is 15.9. The number of amides is 2. The Morgan fingerprint density at radius 1 is 1.19 bits per heavy atom. The molecule has 2 amide bonds. The Balaban J connectivity index is 2.76. The number of carbonyl (C=O) groups excluding carboxylic acids is 2. The Bertz CT molecular complexity index is 587. The second-order valence-electron chi connectivity index (χ2n) is 4.15. The topological polar surface area (TPSA) is 133 Å². The van der Waals surface area contributed by atoms with Crippen molar-refractivity contribution in [2.24, 2.45) is 0 Å². The molecular formula is C12H16N2O6S. The normalized spacial score (nSPS) is 12.5. The van der Waals surface area contributed by atoms with Gasteiger partial charge in [0.1, 0.15) is 12.6 Å². The molecule has 116 valence electrons. The van der Waals surface area contributed by atoms with Crippen molar-refractivity contribution in [3.63, 3.8) is 0 Å². The Morgan fingerprint density at radius 2 is 1.81 bits per heavy atom. The quantitative estimate of drug-likeness (QED) is 0.469. The number of hydrogen-bond acceptors (Lipinski definition) is 5. The Labute approximate surface area is 121 Å². The molecule has 1 aromatic rings. The SMILES string of the molecule is O=C(CO)N[C@@H](C(=O)NCCS(=O)(=O)O)c1ccccc1. The van der Waals surface area contributed by atoms with Crippen LogP contribution < -0.4 is 10.6 Å². The molecule has 0 aromatic heterocycles. The fourth-order valence-electron chi connectivity index (χ4n) is 1.56. The van der Waals surface area contributed by atoms with Crippen LogP contribution in [0.25, 0.3) is 0 Å². The van der Waals surface area contributed by atoms with Crippen molar-refractivity contribution < 1.29 is 27.7 Å². The minimum Gasteiger partial charge on any atom is -0.387 e.